The minimum absolute atomic E-state index is 0.727. The monoisotopic (exact) mass is 482 g/mol. The van der Waals surface area contributed by atoms with Crippen LogP contribution >= 0.6 is 23.1 Å². The van der Waals surface area contributed by atoms with Gasteiger partial charge in [0.25, 0.3) is 0 Å². The van der Waals surface area contributed by atoms with Crippen molar-refractivity contribution in [2.24, 2.45) is 0 Å². The van der Waals surface area contributed by atoms with Crippen LogP contribution in [-0.4, -0.2) is 55.9 Å². The predicted octanol–water partition coefficient (Wildman–Crippen LogP) is 4.42. The first kappa shape index (κ1) is 21.3. The zero-order chi connectivity index (χ0) is 22.2. The number of aryl methyl sites for hydroxylation is 2. The summed E-state index contributed by atoms with van der Waals surface area (Å²) < 4.78 is 13.2. The van der Waals surface area contributed by atoms with Crippen LogP contribution in [0.5, 0.6) is 0 Å². The summed E-state index contributed by atoms with van der Waals surface area (Å²) in [5, 5.41) is 12.0. The van der Waals surface area contributed by atoms with Crippen LogP contribution < -0.4 is 0 Å². The van der Waals surface area contributed by atoms with Gasteiger partial charge in [-0.25, -0.2) is 9.97 Å². The minimum atomic E-state index is 0.727. The number of ether oxygens (including phenoxy) is 1. The van der Waals surface area contributed by atoms with Gasteiger partial charge in [-0.1, -0.05) is 0 Å². The number of nitrogens with zero attached hydrogens (tertiary/aromatic N) is 6. The first-order valence-electron chi connectivity index (χ1n) is 11.6. The van der Waals surface area contributed by atoms with Crippen LogP contribution in [0.4, 0.5) is 0 Å². The fraction of sp³-hybridized carbons (Fsp3) is 0.478. The Labute approximate surface area is 200 Å². The molecule has 10 heteroatoms. The van der Waals surface area contributed by atoms with E-state index < -0.39 is 0 Å². The lowest BCUT2D eigenvalue weighted by Crippen LogP contribution is -2.36. The molecular weight excluding hydrogens is 456 g/mol. The van der Waals surface area contributed by atoms with Crippen LogP contribution in [0.3, 0.4) is 0 Å². The average molecular weight is 483 g/mol. The molecule has 33 heavy (non-hydrogen) atoms. The maximum absolute atomic E-state index is 5.59. The highest BCUT2D eigenvalue weighted by molar-refractivity contribution is 7.99. The summed E-state index contributed by atoms with van der Waals surface area (Å²) in [4.78, 5) is 15.1. The molecule has 0 amide bonds. The lowest BCUT2D eigenvalue weighted by atomic mass is 9.97. The minimum Gasteiger partial charge on any atom is -0.461 e. The van der Waals surface area contributed by atoms with Crippen LogP contribution in [0.25, 0.3) is 21.8 Å². The number of hydrogen-bond acceptors (Lipinski definition) is 9. The van der Waals surface area contributed by atoms with E-state index in [1.807, 2.05) is 23.5 Å². The molecule has 0 unspecified atom stereocenters. The Kier molecular flexibility index (Phi) is 5.91. The topological polar surface area (TPSA) is 82.1 Å². The van der Waals surface area contributed by atoms with Gasteiger partial charge in [0, 0.05) is 29.9 Å². The molecular formula is C23H26N6O2S2. The number of thiophene rings is 1. The van der Waals surface area contributed by atoms with Gasteiger partial charge < -0.3 is 9.15 Å². The van der Waals surface area contributed by atoms with Gasteiger partial charge in [-0.2, -0.15) is 0 Å². The van der Waals surface area contributed by atoms with Crippen LogP contribution in [0.15, 0.2) is 33.0 Å². The van der Waals surface area contributed by atoms with Gasteiger partial charge in [0.1, 0.15) is 15.7 Å². The summed E-state index contributed by atoms with van der Waals surface area (Å²) in [6.45, 7) is 6.98. The highest BCUT2D eigenvalue weighted by atomic mass is 32.2. The zero-order valence-electron chi connectivity index (χ0n) is 18.6. The molecule has 4 aromatic rings. The average Bonchev–Trinajstić information content (AvgIpc) is 3.57. The fourth-order valence-electron chi connectivity index (χ4n) is 4.59. The van der Waals surface area contributed by atoms with Gasteiger partial charge in [0.2, 0.25) is 0 Å². The van der Waals surface area contributed by atoms with Gasteiger partial charge >= 0.3 is 0 Å². The van der Waals surface area contributed by atoms with E-state index >= 15 is 0 Å². The summed E-state index contributed by atoms with van der Waals surface area (Å²) in [6.07, 6.45) is 6.40. The number of fused-ring (bicyclic) bond motifs is 3. The van der Waals surface area contributed by atoms with Crippen molar-refractivity contribution in [2.75, 3.05) is 26.3 Å². The first-order valence-corrected chi connectivity index (χ1v) is 13.2. The third-order valence-electron chi connectivity index (χ3n) is 6.26. The normalized spacial score (nSPS) is 17.0. The highest BCUT2D eigenvalue weighted by Gasteiger charge is 2.24. The summed E-state index contributed by atoms with van der Waals surface area (Å²) in [7, 11) is 0. The molecule has 0 spiro atoms. The van der Waals surface area contributed by atoms with E-state index in [1.54, 1.807) is 18.0 Å². The van der Waals surface area contributed by atoms with E-state index in [1.165, 1.54) is 28.7 Å². The second-order valence-corrected chi connectivity index (χ2v) is 10.4. The van der Waals surface area contributed by atoms with Crippen LogP contribution in [0.2, 0.25) is 0 Å². The maximum atomic E-state index is 5.59. The van der Waals surface area contributed by atoms with Crippen molar-refractivity contribution in [3.8, 4) is 11.6 Å². The summed E-state index contributed by atoms with van der Waals surface area (Å²) in [5.74, 6) is 2.35. The molecule has 6 rings (SSSR count). The van der Waals surface area contributed by atoms with Crippen molar-refractivity contribution in [3.05, 3.63) is 34.7 Å². The van der Waals surface area contributed by atoms with Crippen LogP contribution in [0.1, 0.15) is 36.0 Å². The Hall–Kier alpha value is -2.27. The smallest absolute Gasteiger partial charge is 0.200 e. The standard InChI is InChI=1S/C23H26N6O2S2/c1-2-29-20(16-7-5-11-31-16)26-27-23(29)33-22-19-15-6-3-4-8-17(15)32-21(19)24-18(25-22)14-28-9-12-30-13-10-28/h5,7,11H,2-4,6,8-10,12-14H2,1H3. The second kappa shape index (κ2) is 9.17. The predicted molar refractivity (Wildman–Crippen MR) is 128 cm³/mol. The van der Waals surface area contributed by atoms with Crippen molar-refractivity contribution in [3.63, 3.8) is 0 Å². The summed E-state index contributed by atoms with van der Waals surface area (Å²) >= 11 is 3.45. The number of morpholine rings is 1. The molecule has 1 saturated heterocycles. The van der Waals surface area contributed by atoms with Gasteiger partial charge in [-0.15, -0.1) is 21.5 Å². The van der Waals surface area contributed by atoms with Crippen LogP contribution in [0, 0.1) is 0 Å². The van der Waals surface area contributed by atoms with E-state index in [0.29, 0.717) is 0 Å². The first-order chi connectivity index (χ1) is 16.3. The van der Waals surface area contributed by atoms with E-state index in [-0.39, 0.29) is 0 Å². The largest absolute Gasteiger partial charge is 0.461 e. The molecule has 8 nitrogen and oxygen atoms in total. The molecule has 0 saturated carbocycles. The molecule has 172 valence electrons. The van der Waals surface area contributed by atoms with Gasteiger partial charge in [0.05, 0.1) is 26.0 Å². The SMILES string of the molecule is CCn1c(Sc2nc(CN3CCOCC3)nc3sc4c(c23)CCCC4)nnc1-c1ccco1. The number of furan rings is 1. The zero-order valence-corrected chi connectivity index (χ0v) is 20.3. The molecule has 1 aliphatic carbocycles. The fourth-order valence-corrected chi connectivity index (χ4v) is 6.99. The number of rotatable bonds is 6. The van der Waals surface area contributed by atoms with E-state index in [2.05, 4.69) is 26.6 Å². The molecule has 0 N–H and O–H groups in total. The summed E-state index contributed by atoms with van der Waals surface area (Å²) in [5.41, 5.74) is 1.44. The highest BCUT2D eigenvalue weighted by Crippen LogP contribution is 2.41. The second-order valence-electron chi connectivity index (χ2n) is 8.35. The number of hydrogen-bond donors (Lipinski definition) is 0. The van der Waals surface area contributed by atoms with Gasteiger partial charge in [-0.05, 0) is 62.1 Å². The molecule has 0 radical (unpaired) electrons. The Morgan fingerprint density at radius 2 is 2.00 bits per heavy atom. The third kappa shape index (κ3) is 4.09. The molecule has 1 aliphatic heterocycles. The maximum Gasteiger partial charge on any atom is 0.200 e. The molecule has 1 fully saturated rings. The van der Waals surface area contributed by atoms with Gasteiger partial charge in [-0.3, -0.25) is 9.47 Å². The summed E-state index contributed by atoms with van der Waals surface area (Å²) in [6, 6.07) is 3.80. The van der Waals surface area contributed by atoms with Crippen LogP contribution in [-0.2, 0) is 30.7 Å². The van der Waals surface area contributed by atoms with Crippen molar-refractivity contribution < 1.29 is 9.15 Å². The Balaban J connectivity index is 1.42. The molecule has 0 atom stereocenters. The van der Waals surface area contributed by atoms with E-state index in [4.69, 9.17) is 19.1 Å². The van der Waals surface area contributed by atoms with Crippen molar-refractivity contribution in [1.82, 2.24) is 29.6 Å². The Morgan fingerprint density at radius 1 is 1.12 bits per heavy atom. The lowest BCUT2D eigenvalue weighted by molar-refractivity contribution is 0.0330. The molecule has 0 bridgehead atoms. The van der Waals surface area contributed by atoms with Crippen molar-refractivity contribution in [1.29, 1.82) is 0 Å². The quantitative estimate of drug-likeness (QED) is 0.374. The van der Waals surface area contributed by atoms with Crippen molar-refractivity contribution >= 4 is 33.3 Å². The lowest BCUT2D eigenvalue weighted by Gasteiger charge is -2.25. The Bertz CT molecular complexity index is 1260. The Morgan fingerprint density at radius 3 is 2.82 bits per heavy atom. The molecule has 4 aromatic heterocycles. The molecule has 2 aliphatic rings. The van der Waals surface area contributed by atoms with E-state index in [0.717, 1.165) is 84.7 Å². The van der Waals surface area contributed by atoms with Gasteiger partial charge in [0.15, 0.2) is 16.7 Å². The molecule has 5 heterocycles. The molecule has 0 aromatic carbocycles. The van der Waals surface area contributed by atoms with Crippen molar-refractivity contribution in [2.45, 2.75) is 55.9 Å². The third-order valence-corrected chi connectivity index (χ3v) is 8.42. The van der Waals surface area contributed by atoms with E-state index in [9.17, 15) is 0 Å². The number of aromatic nitrogens is 5.